The average molecular weight is 997 g/mol. The van der Waals surface area contributed by atoms with Gasteiger partial charge in [-0.15, -0.1) is 0 Å². The van der Waals surface area contributed by atoms with Gasteiger partial charge in [0.15, 0.2) is 0 Å². The molecule has 2 aliphatic heterocycles. The van der Waals surface area contributed by atoms with E-state index in [1.54, 1.807) is 46.0 Å². The number of alkyl halides is 6. The second-order valence-corrected chi connectivity index (χ2v) is 21.5. The highest BCUT2D eigenvalue weighted by molar-refractivity contribution is 7.89. The maximum Gasteiger partial charge on any atom is 0.416 e. The molecule has 2 aliphatic carbocycles. The van der Waals surface area contributed by atoms with Crippen LogP contribution in [0.3, 0.4) is 0 Å². The normalized spacial score (nSPS) is 20.8. The molecule has 4 heterocycles. The van der Waals surface area contributed by atoms with Crippen molar-refractivity contribution in [2.24, 2.45) is 10.8 Å². The van der Waals surface area contributed by atoms with E-state index < -0.39 is 54.4 Å². The van der Waals surface area contributed by atoms with E-state index in [1.165, 1.54) is 28.6 Å². The molecule has 10 rings (SSSR count). The number of carbonyl (C=O) groups excluding carboxylic acids is 1. The van der Waals surface area contributed by atoms with Gasteiger partial charge in [0.1, 0.15) is 17.9 Å². The molecule has 4 aromatic carbocycles. The molecule has 360 valence electrons. The zero-order valence-electron chi connectivity index (χ0n) is 36.3. The number of hydrogen-bond acceptors (Lipinski definition) is 7. The van der Waals surface area contributed by atoms with E-state index in [1.807, 2.05) is 19.1 Å². The van der Waals surface area contributed by atoms with Crippen LogP contribution in [0.25, 0.3) is 23.5 Å². The molecular formula is C48H40F8N6O5S2. The lowest BCUT2D eigenvalue weighted by atomic mass is 9.70. The molecule has 0 N–H and O–H groups in total. The van der Waals surface area contributed by atoms with Crippen molar-refractivity contribution in [1.29, 1.82) is 0 Å². The van der Waals surface area contributed by atoms with Crippen LogP contribution in [0.4, 0.5) is 35.1 Å². The van der Waals surface area contributed by atoms with Crippen LogP contribution in [0.1, 0.15) is 53.4 Å². The van der Waals surface area contributed by atoms with Crippen molar-refractivity contribution >= 4 is 38.5 Å². The summed E-state index contributed by atoms with van der Waals surface area (Å²) in [6.45, 7) is 2.37. The van der Waals surface area contributed by atoms with E-state index in [2.05, 4.69) is 10.2 Å². The fourth-order valence-corrected chi connectivity index (χ4v) is 12.5. The number of nitrogens with zero attached hydrogens (tertiary/aromatic N) is 6. The summed E-state index contributed by atoms with van der Waals surface area (Å²) in [6, 6.07) is 18.8. The van der Waals surface area contributed by atoms with E-state index in [0.29, 0.717) is 18.5 Å². The fourth-order valence-electron chi connectivity index (χ4n) is 9.43. The van der Waals surface area contributed by atoms with Gasteiger partial charge in [-0.05, 0) is 146 Å². The minimum absolute atomic E-state index is 0.0742. The first kappa shape index (κ1) is 47.8. The summed E-state index contributed by atoms with van der Waals surface area (Å²) in [4.78, 5) is 11.9. The van der Waals surface area contributed by atoms with E-state index in [9.17, 15) is 56.8 Å². The summed E-state index contributed by atoms with van der Waals surface area (Å²) in [7, 11) is -8.07. The summed E-state index contributed by atoms with van der Waals surface area (Å²) in [5.41, 5.74) is 3.11. The molecule has 4 aliphatic rings. The third kappa shape index (κ3) is 8.96. The quantitative estimate of drug-likeness (QED) is 0.115. The second-order valence-electron chi connectivity index (χ2n) is 17.6. The Morgan fingerprint density at radius 1 is 0.565 bits per heavy atom. The van der Waals surface area contributed by atoms with Gasteiger partial charge in [0.25, 0.3) is 0 Å². The van der Waals surface area contributed by atoms with E-state index in [0.717, 1.165) is 98.5 Å². The molecule has 2 fully saturated rings. The van der Waals surface area contributed by atoms with Crippen molar-refractivity contribution in [3.8, 4) is 11.4 Å². The number of aromatic nitrogens is 4. The van der Waals surface area contributed by atoms with Crippen molar-refractivity contribution in [3.05, 3.63) is 166 Å². The van der Waals surface area contributed by atoms with Crippen molar-refractivity contribution in [2.75, 3.05) is 26.2 Å². The SMILES string of the molecule is C[C@]12Cc3cnn(-c4ccc(F)cc4)c3C=C1CCN(S(=O)(=O)c1ccc(C(F)(F)F)cc1)C2.O=C[C@]12Cc3cnn(-c4ccc(F)cc4)c3C=C1CCN(S(=O)(=O)c1ccc(C(F)(F)F)cc1)C2. The van der Waals surface area contributed by atoms with Gasteiger partial charge >= 0.3 is 12.4 Å². The minimum Gasteiger partial charge on any atom is -0.302 e. The lowest BCUT2D eigenvalue weighted by molar-refractivity contribution is -0.138. The Kier molecular flexibility index (Phi) is 12.0. The van der Waals surface area contributed by atoms with Crippen LogP contribution in [0.2, 0.25) is 0 Å². The van der Waals surface area contributed by atoms with Crippen molar-refractivity contribution < 1.29 is 56.8 Å². The third-order valence-electron chi connectivity index (χ3n) is 13.1. The molecule has 11 nitrogen and oxygen atoms in total. The van der Waals surface area contributed by atoms with Gasteiger partial charge < -0.3 is 4.79 Å². The Morgan fingerprint density at radius 2 is 0.971 bits per heavy atom. The molecule has 0 spiro atoms. The average Bonchev–Trinajstić information content (AvgIpc) is 3.92. The number of piperidine rings is 2. The van der Waals surface area contributed by atoms with Gasteiger partial charge in [-0.3, -0.25) is 0 Å². The molecule has 69 heavy (non-hydrogen) atoms. The highest BCUT2D eigenvalue weighted by Gasteiger charge is 2.47. The Labute approximate surface area is 391 Å². The van der Waals surface area contributed by atoms with Gasteiger partial charge in [0.2, 0.25) is 20.0 Å². The van der Waals surface area contributed by atoms with Gasteiger partial charge in [-0.1, -0.05) is 18.1 Å². The summed E-state index contributed by atoms with van der Waals surface area (Å²) >= 11 is 0. The molecule has 2 saturated heterocycles. The van der Waals surface area contributed by atoms with E-state index >= 15 is 0 Å². The fraction of sp³-hybridized carbons (Fsp3) is 0.271. The number of aldehydes is 1. The number of carbonyl (C=O) groups is 1. The van der Waals surface area contributed by atoms with Crippen molar-refractivity contribution in [2.45, 2.75) is 54.8 Å². The topological polar surface area (TPSA) is 127 Å². The highest BCUT2D eigenvalue weighted by atomic mass is 32.2. The monoisotopic (exact) mass is 996 g/mol. The Bertz CT molecular complexity index is 3240. The molecule has 6 aromatic rings. The summed E-state index contributed by atoms with van der Waals surface area (Å²) in [6.07, 6.45) is 0.365. The number of hydrogen-bond donors (Lipinski definition) is 0. The summed E-state index contributed by atoms with van der Waals surface area (Å²) in [5.74, 6) is -0.716. The zero-order valence-corrected chi connectivity index (χ0v) is 38.0. The van der Waals surface area contributed by atoms with E-state index in [-0.39, 0.29) is 60.4 Å². The lowest BCUT2D eigenvalue weighted by Crippen LogP contribution is -2.50. The zero-order chi connectivity index (χ0) is 49.3. The number of halogens is 8. The minimum atomic E-state index is -4.58. The maximum absolute atomic E-state index is 13.3. The number of fused-ring (bicyclic) bond motifs is 4. The molecule has 0 radical (unpaired) electrons. The maximum atomic E-state index is 13.3. The first-order valence-corrected chi connectivity index (χ1v) is 24.3. The van der Waals surface area contributed by atoms with Crippen molar-refractivity contribution in [3.63, 3.8) is 0 Å². The predicted octanol–water partition coefficient (Wildman–Crippen LogP) is 9.32. The molecule has 0 saturated carbocycles. The van der Waals surface area contributed by atoms with Crippen LogP contribution < -0.4 is 0 Å². The van der Waals surface area contributed by atoms with Gasteiger partial charge in [-0.2, -0.15) is 45.2 Å². The van der Waals surface area contributed by atoms with Crippen LogP contribution >= 0.6 is 0 Å². The van der Waals surface area contributed by atoms with Gasteiger partial charge in [0, 0.05) is 31.6 Å². The standard InChI is InChI=1S/C24H19F4N3O3S.C24H21F4N3O2S/c25-19-3-5-20(6-4-19)31-22-11-18-9-10-30(14-23(18,15-32)12-16(22)13-29-31)35(33,34)21-7-1-17(2-8-21)24(26,27)28;1-23-13-16-14-29-31(20-6-4-19(25)5-7-20)22(16)12-18(23)10-11-30(15-23)34(32,33)21-8-2-17(3-9-21)24(26,27)28/h1-8,11,13,15H,9-10,12,14H2;2-9,12,14H,10-11,13,15H2,1H3/t2*23-/m11/s1. The predicted molar refractivity (Wildman–Crippen MR) is 237 cm³/mol. The Hall–Kier alpha value is -6.29. The molecule has 2 atom stereocenters. The van der Waals surface area contributed by atoms with Crippen LogP contribution in [-0.4, -0.2) is 77.5 Å². The van der Waals surface area contributed by atoms with Crippen LogP contribution in [-0.2, 0) is 50.0 Å². The van der Waals surface area contributed by atoms with Crippen LogP contribution in [0.5, 0.6) is 0 Å². The van der Waals surface area contributed by atoms with E-state index in [4.69, 9.17) is 0 Å². The summed E-state index contributed by atoms with van der Waals surface area (Å²) < 4.78 is 163. The van der Waals surface area contributed by atoms with Crippen LogP contribution in [0, 0.1) is 22.5 Å². The van der Waals surface area contributed by atoms with Gasteiger partial charge in [-0.25, -0.2) is 35.0 Å². The second kappa shape index (κ2) is 17.3. The number of rotatable bonds is 7. The Balaban J connectivity index is 0.000000172. The number of sulfonamides is 2. The summed E-state index contributed by atoms with van der Waals surface area (Å²) in [5, 5.41) is 8.83. The molecule has 0 bridgehead atoms. The molecule has 2 aromatic heterocycles. The highest BCUT2D eigenvalue weighted by Crippen LogP contribution is 2.46. The molecule has 0 amide bonds. The van der Waals surface area contributed by atoms with Crippen molar-refractivity contribution in [1.82, 2.24) is 28.2 Å². The molecule has 21 heteroatoms. The van der Waals surface area contributed by atoms with Crippen LogP contribution in [0.15, 0.2) is 130 Å². The first-order chi connectivity index (χ1) is 32.5. The first-order valence-electron chi connectivity index (χ1n) is 21.4. The largest absolute Gasteiger partial charge is 0.416 e. The number of benzene rings is 4. The smallest absolute Gasteiger partial charge is 0.302 e. The molecular weight excluding hydrogens is 957 g/mol. The van der Waals surface area contributed by atoms with Gasteiger partial charge in [0.05, 0.1) is 61.5 Å². The molecule has 0 unspecified atom stereocenters. The Morgan fingerprint density at radius 3 is 1.41 bits per heavy atom. The third-order valence-corrected chi connectivity index (χ3v) is 16.9. The lowest BCUT2D eigenvalue weighted by Gasteiger charge is -2.43.